The molecule has 1 aliphatic rings. The highest BCUT2D eigenvalue weighted by Crippen LogP contribution is 2.36. The van der Waals surface area contributed by atoms with Crippen LogP contribution in [0.1, 0.15) is 24.0 Å². The van der Waals surface area contributed by atoms with E-state index in [-0.39, 0.29) is 44.1 Å². The summed E-state index contributed by atoms with van der Waals surface area (Å²) < 4.78 is 66.6. The van der Waals surface area contributed by atoms with Gasteiger partial charge in [0.25, 0.3) is 5.69 Å². The van der Waals surface area contributed by atoms with Crippen LogP contribution in [-0.2, 0) is 27.5 Å². The maximum atomic E-state index is 13.3. The molecular formula is C21H22F3N3O5S. The van der Waals surface area contributed by atoms with Crippen LogP contribution in [0.2, 0.25) is 0 Å². The van der Waals surface area contributed by atoms with Crippen LogP contribution in [0.15, 0.2) is 53.4 Å². The van der Waals surface area contributed by atoms with Crippen molar-refractivity contribution >= 4 is 21.6 Å². The molecule has 0 aromatic heterocycles. The van der Waals surface area contributed by atoms with Gasteiger partial charge in [0.05, 0.1) is 21.9 Å². The van der Waals surface area contributed by atoms with E-state index in [1.54, 1.807) is 12.1 Å². The number of hydrogen-bond donors (Lipinski definition) is 0. The fourth-order valence-corrected chi connectivity index (χ4v) is 5.56. The van der Waals surface area contributed by atoms with E-state index in [1.165, 1.54) is 30.1 Å². The van der Waals surface area contributed by atoms with Crippen LogP contribution in [0.25, 0.3) is 0 Å². The molecule has 2 aromatic carbocycles. The molecule has 0 aliphatic carbocycles. The van der Waals surface area contributed by atoms with E-state index < -0.39 is 37.5 Å². The number of nitro benzene ring substituents is 1. The number of alkyl halides is 3. The van der Waals surface area contributed by atoms with Crippen molar-refractivity contribution in [2.45, 2.75) is 30.5 Å². The van der Waals surface area contributed by atoms with Crippen LogP contribution in [0.3, 0.4) is 0 Å². The van der Waals surface area contributed by atoms with Gasteiger partial charge in [0.15, 0.2) is 0 Å². The van der Waals surface area contributed by atoms with Crippen LogP contribution in [-0.4, -0.2) is 48.6 Å². The molecule has 8 nitrogen and oxygen atoms in total. The van der Waals surface area contributed by atoms with E-state index >= 15 is 0 Å². The summed E-state index contributed by atoms with van der Waals surface area (Å²) in [6, 6.07) is 10.1. The molecule has 33 heavy (non-hydrogen) atoms. The van der Waals surface area contributed by atoms with Crippen LogP contribution in [0, 0.1) is 16.0 Å². The van der Waals surface area contributed by atoms with Crippen molar-refractivity contribution < 1.29 is 31.3 Å². The average Bonchev–Trinajstić information content (AvgIpc) is 2.78. The van der Waals surface area contributed by atoms with Gasteiger partial charge in [-0.05, 0) is 25.0 Å². The Bertz CT molecular complexity index is 1150. The summed E-state index contributed by atoms with van der Waals surface area (Å²) in [6.45, 7) is -0.206. The maximum absolute atomic E-state index is 13.3. The molecular weight excluding hydrogens is 463 g/mol. The van der Waals surface area contributed by atoms with E-state index in [9.17, 15) is 36.5 Å². The molecule has 1 saturated heterocycles. The van der Waals surface area contributed by atoms with E-state index in [4.69, 9.17) is 0 Å². The highest BCUT2D eigenvalue weighted by molar-refractivity contribution is 7.89. The van der Waals surface area contributed by atoms with Gasteiger partial charge in [0.2, 0.25) is 15.9 Å². The van der Waals surface area contributed by atoms with Crippen LogP contribution in [0.5, 0.6) is 0 Å². The number of nitro groups is 1. The third-order valence-electron chi connectivity index (χ3n) is 5.59. The molecule has 0 bridgehead atoms. The molecule has 1 heterocycles. The second-order valence-electron chi connectivity index (χ2n) is 7.75. The molecule has 0 N–H and O–H groups in total. The average molecular weight is 485 g/mol. The monoisotopic (exact) mass is 485 g/mol. The summed E-state index contributed by atoms with van der Waals surface area (Å²) in [6.07, 6.45) is -4.55. The number of rotatable bonds is 6. The van der Waals surface area contributed by atoms with Gasteiger partial charge in [-0.2, -0.15) is 17.5 Å². The molecule has 1 aliphatic heterocycles. The zero-order chi connectivity index (χ0) is 24.4. The van der Waals surface area contributed by atoms with Gasteiger partial charge in [0, 0.05) is 37.7 Å². The van der Waals surface area contributed by atoms with Crippen LogP contribution >= 0.6 is 0 Å². The molecule has 0 saturated carbocycles. The Morgan fingerprint density at radius 3 is 2.30 bits per heavy atom. The van der Waals surface area contributed by atoms with Gasteiger partial charge in [0.1, 0.15) is 0 Å². The summed E-state index contributed by atoms with van der Waals surface area (Å²) in [7, 11) is -2.89. The Morgan fingerprint density at radius 1 is 1.12 bits per heavy atom. The Kier molecular flexibility index (Phi) is 7.08. The van der Waals surface area contributed by atoms with E-state index in [0.717, 1.165) is 22.5 Å². The third-order valence-corrected chi connectivity index (χ3v) is 7.54. The number of nitrogens with zero attached hydrogens (tertiary/aromatic N) is 3. The lowest BCUT2D eigenvalue weighted by atomic mass is 9.96. The van der Waals surface area contributed by atoms with E-state index in [1.807, 2.05) is 0 Å². The third kappa shape index (κ3) is 5.33. The number of hydrogen-bond acceptors (Lipinski definition) is 5. The first kappa shape index (κ1) is 24.6. The summed E-state index contributed by atoms with van der Waals surface area (Å²) in [5.41, 5.74) is -0.976. The lowest BCUT2D eigenvalue weighted by molar-refractivity contribution is -0.385. The number of sulfonamides is 1. The minimum absolute atomic E-state index is 0.00740. The van der Waals surface area contributed by atoms with E-state index in [2.05, 4.69) is 0 Å². The molecule has 0 atom stereocenters. The maximum Gasteiger partial charge on any atom is 0.417 e. The number of halogens is 3. The Hall–Kier alpha value is -2.99. The molecule has 1 amide bonds. The standard InChI is InChI=1S/C21H22F3N3O5S/c1-25(14-16-6-2-4-8-18(16)27(29)30)20(28)15-10-12-26(13-11-15)33(31,32)19-9-5-3-7-17(19)21(22,23)24/h2-9,15H,10-14H2,1H3. The smallest absolute Gasteiger partial charge is 0.341 e. The Morgan fingerprint density at radius 2 is 1.70 bits per heavy atom. The quantitative estimate of drug-likeness (QED) is 0.459. The molecule has 12 heteroatoms. The van der Waals surface area contributed by atoms with Crippen molar-refractivity contribution in [2.24, 2.45) is 5.92 Å². The predicted octanol–water partition coefficient (Wildman–Crippen LogP) is 3.67. The van der Waals surface area contributed by atoms with Gasteiger partial charge in [-0.1, -0.05) is 30.3 Å². The molecule has 0 unspecified atom stereocenters. The Balaban J connectivity index is 1.69. The lowest BCUT2D eigenvalue weighted by Crippen LogP contribution is -2.43. The second kappa shape index (κ2) is 9.48. The molecule has 2 aromatic rings. The minimum atomic E-state index is -4.82. The van der Waals surface area contributed by atoms with Crippen molar-refractivity contribution in [1.82, 2.24) is 9.21 Å². The van der Waals surface area contributed by atoms with Crippen molar-refractivity contribution in [2.75, 3.05) is 20.1 Å². The van der Waals surface area contributed by atoms with Gasteiger partial charge in [-0.3, -0.25) is 14.9 Å². The first-order chi connectivity index (χ1) is 15.4. The summed E-state index contributed by atoms with van der Waals surface area (Å²) in [4.78, 5) is 24.0. The Labute approximate surface area is 188 Å². The number of piperidine rings is 1. The fraction of sp³-hybridized carbons (Fsp3) is 0.381. The van der Waals surface area contributed by atoms with Gasteiger partial charge >= 0.3 is 6.18 Å². The molecule has 1 fully saturated rings. The van der Waals surface area contributed by atoms with Crippen molar-refractivity contribution in [3.63, 3.8) is 0 Å². The number of amides is 1. The molecule has 178 valence electrons. The fourth-order valence-electron chi connectivity index (χ4n) is 3.88. The van der Waals surface area contributed by atoms with Gasteiger partial charge in [-0.15, -0.1) is 0 Å². The van der Waals surface area contributed by atoms with Gasteiger partial charge in [-0.25, -0.2) is 8.42 Å². The van der Waals surface area contributed by atoms with Crippen molar-refractivity contribution in [1.29, 1.82) is 0 Å². The van der Waals surface area contributed by atoms with Crippen LogP contribution < -0.4 is 0 Å². The zero-order valence-electron chi connectivity index (χ0n) is 17.7. The highest BCUT2D eigenvalue weighted by atomic mass is 32.2. The largest absolute Gasteiger partial charge is 0.417 e. The van der Waals surface area contributed by atoms with Crippen molar-refractivity contribution in [3.05, 3.63) is 69.8 Å². The first-order valence-corrected chi connectivity index (χ1v) is 11.5. The number of carbonyl (C=O) groups is 1. The number of carbonyl (C=O) groups excluding carboxylic acids is 1. The topological polar surface area (TPSA) is 101 Å². The molecule has 0 radical (unpaired) electrons. The number of para-hydroxylation sites is 1. The second-order valence-corrected chi connectivity index (χ2v) is 9.66. The summed E-state index contributed by atoms with van der Waals surface area (Å²) in [5, 5.41) is 11.2. The first-order valence-electron chi connectivity index (χ1n) is 10.1. The van der Waals surface area contributed by atoms with Crippen molar-refractivity contribution in [3.8, 4) is 0 Å². The summed E-state index contributed by atoms with van der Waals surface area (Å²) >= 11 is 0. The normalized spacial score (nSPS) is 15.9. The predicted molar refractivity (Wildman–Crippen MR) is 112 cm³/mol. The number of benzene rings is 2. The van der Waals surface area contributed by atoms with Gasteiger partial charge < -0.3 is 4.90 Å². The van der Waals surface area contributed by atoms with E-state index in [0.29, 0.717) is 5.56 Å². The molecule has 0 spiro atoms. The zero-order valence-corrected chi connectivity index (χ0v) is 18.5. The summed E-state index contributed by atoms with van der Waals surface area (Å²) in [5.74, 6) is -0.844. The lowest BCUT2D eigenvalue weighted by Gasteiger charge is -2.33. The SMILES string of the molecule is CN(Cc1ccccc1[N+](=O)[O-])C(=O)C1CCN(S(=O)(=O)c2ccccc2C(F)(F)F)CC1. The highest BCUT2D eigenvalue weighted by Gasteiger charge is 2.40. The molecule has 3 rings (SSSR count). The van der Waals surface area contributed by atoms with Crippen LogP contribution in [0.4, 0.5) is 18.9 Å². The minimum Gasteiger partial charge on any atom is -0.341 e.